The van der Waals surface area contributed by atoms with Crippen LogP contribution in [0.4, 0.5) is 0 Å². The summed E-state index contributed by atoms with van der Waals surface area (Å²) in [5.41, 5.74) is 4.39. The van der Waals surface area contributed by atoms with Crippen molar-refractivity contribution in [3.8, 4) is 0 Å². The second-order valence-electron chi connectivity index (χ2n) is 6.30. The topological polar surface area (TPSA) is 37.3 Å². The minimum absolute atomic E-state index is 0. The third kappa shape index (κ3) is 7.68. The number of allylic oxidation sites excluding steroid dienone is 4. The monoisotopic (exact) mass is 383 g/mol. The summed E-state index contributed by atoms with van der Waals surface area (Å²) < 4.78 is 0. The van der Waals surface area contributed by atoms with E-state index in [9.17, 15) is 4.79 Å². The largest absolute Gasteiger partial charge is 0.481 e. The van der Waals surface area contributed by atoms with Crippen LogP contribution in [-0.2, 0) is 26.5 Å². The summed E-state index contributed by atoms with van der Waals surface area (Å²) in [6, 6.07) is 0. The van der Waals surface area contributed by atoms with Crippen molar-refractivity contribution in [2.45, 2.75) is 66.7 Å². The molecule has 1 N–H and O–H groups in total. The fourth-order valence-electron chi connectivity index (χ4n) is 2.76. The van der Waals surface area contributed by atoms with E-state index in [2.05, 4.69) is 40.7 Å². The molecule has 2 nitrogen and oxygen atoms in total. The molecule has 0 bridgehead atoms. The van der Waals surface area contributed by atoms with Crippen LogP contribution in [-0.4, -0.2) is 11.1 Å². The van der Waals surface area contributed by atoms with Gasteiger partial charge in [0.05, 0.1) is 5.92 Å². The molecule has 2 aliphatic rings. The normalized spacial score (nSPS) is 19.6. The van der Waals surface area contributed by atoms with E-state index in [1.165, 1.54) is 23.1 Å². The van der Waals surface area contributed by atoms with Crippen molar-refractivity contribution < 1.29 is 31.6 Å². The maximum Gasteiger partial charge on any atom is 0.306 e. The molecule has 1 fully saturated rings. The van der Waals surface area contributed by atoms with E-state index in [1.54, 1.807) is 0 Å². The zero-order chi connectivity index (χ0) is 14.6. The Morgan fingerprint density at radius 2 is 1.55 bits per heavy atom. The fourth-order valence-corrected chi connectivity index (χ4v) is 2.76. The quantitative estimate of drug-likeness (QED) is 0.472. The molecule has 5 heteroatoms. The summed E-state index contributed by atoms with van der Waals surface area (Å²) in [5, 5.41) is 8.54. The number of rotatable bonds is 1. The number of carbonyl (C=O) groups is 1. The smallest absolute Gasteiger partial charge is 0.306 e. The predicted octanol–water partition coefficient (Wildman–Crippen LogP) is 5.60. The van der Waals surface area contributed by atoms with Crippen LogP contribution in [0.1, 0.15) is 66.7 Å². The van der Waals surface area contributed by atoms with Gasteiger partial charge in [-0.2, -0.15) is 11.1 Å². The maximum atomic E-state index is 10.4. The molecule has 0 saturated heterocycles. The molecule has 0 spiro atoms. The van der Waals surface area contributed by atoms with Crippen molar-refractivity contribution >= 4 is 30.8 Å². The minimum Gasteiger partial charge on any atom is -0.481 e. The SMILES string of the molecule is CC1=[C-]C(C)(C)C(C)=C1C.Cl.Cl.O=C(O)C1CCCCC1.[Ti]. The van der Waals surface area contributed by atoms with Crippen LogP contribution in [0.25, 0.3) is 0 Å². The van der Waals surface area contributed by atoms with E-state index >= 15 is 0 Å². The van der Waals surface area contributed by atoms with Crippen molar-refractivity contribution in [1.82, 2.24) is 0 Å². The average Bonchev–Trinajstić information content (AvgIpc) is 2.54. The molecule has 0 aromatic carbocycles. The Hall–Kier alpha value is 0.244. The van der Waals surface area contributed by atoms with Crippen LogP contribution in [0.15, 0.2) is 16.7 Å². The van der Waals surface area contributed by atoms with Crippen LogP contribution in [0.2, 0.25) is 0 Å². The Morgan fingerprint density at radius 1 is 1.09 bits per heavy atom. The summed E-state index contributed by atoms with van der Waals surface area (Å²) in [6.07, 6.45) is 8.67. The van der Waals surface area contributed by atoms with Gasteiger partial charge in [-0.1, -0.05) is 52.4 Å². The number of carboxylic acid groups (broad SMARTS) is 1. The molecule has 0 atom stereocenters. The molecule has 0 aromatic rings. The molecule has 2 aliphatic carbocycles. The molecule has 0 amide bonds. The van der Waals surface area contributed by atoms with E-state index in [1.807, 2.05) is 0 Å². The number of hydrogen-bond donors (Lipinski definition) is 1. The van der Waals surface area contributed by atoms with E-state index in [0.29, 0.717) is 0 Å². The molecular formula is C17H29Cl2O2Ti-. The van der Waals surface area contributed by atoms with Gasteiger partial charge in [-0.25, -0.2) is 5.57 Å². The average molecular weight is 384 g/mol. The van der Waals surface area contributed by atoms with Gasteiger partial charge >= 0.3 is 5.97 Å². The van der Waals surface area contributed by atoms with Gasteiger partial charge in [0.1, 0.15) is 0 Å². The van der Waals surface area contributed by atoms with Crippen molar-refractivity contribution in [3.63, 3.8) is 0 Å². The molecule has 22 heavy (non-hydrogen) atoms. The fraction of sp³-hybridized carbons (Fsp3) is 0.706. The van der Waals surface area contributed by atoms with Crippen molar-refractivity contribution in [2.75, 3.05) is 0 Å². The standard InChI is InChI=1S/C10H15.C7H12O2.2ClH.Ti/c1-7-6-10(4,5)9(3)8(7)2;8-7(9)6-4-2-1-3-5-6;;;/h1-5H3;6H,1-5H2,(H,8,9);2*1H;/q-1;;;;. The molecule has 0 radical (unpaired) electrons. The van der Waals surface area contributed by atoms with Gasteiger partial charge in [-0.3, -0.25) is 10.9 Å². The zero-order valence-corrected chi connectivity index (χ0v) is 17.5. The van der Waals surface area contributed by atoms with Crippen molar-refractivity contribution in [1.29, 1.82) is 0 Å². The predicted molar refractivity (Wildman–Crippen MR) is 93.3 cm³/mol. The van der Waals surface area contributed by atoms with Gasteiger partial charge in [0.15, 0.2) is 0 Å². The Morgan fingerprint density at radius 3 is 1.73 bits per heavy atom. The first-order valence-electron chi connectivity index (χ1n) is 7.28. The summed E-state index contributed by atoms with van der Waals surface area (Å²) in [7, 11) is 0. The second kappa shape index (κ2) is 11.7. The van der Waals surface area contributed by atoms with Gasteiger partial charge in [0.2, 0.25) is 0 Å². The molecule has 0 aromatic heterocycles. The first-order valence-corrected chi connectivity index (χ1v) is 7.28. The van der Waals surface area contributed by atoms with Gasteiger partial charge in [-0.15, -0.1) is 31.7 Å². The minimum atomic E-state index is -0.602. The third-order valence-electron chi connectivity index (χ3n) is 4.52. The molecule has 0 heterocycles. The van der Waals surface area contributed by atoms with Gasteiger partial charge < -0.3 is 5.11 Å². The summed E-state index contributed by atoms with van der Waals surface area (Å²) >= 11 is 0. The Balaban J connectivity index is -0.000000290. The van der Waals surface area contributed by atoms with Crippen LogP contribution in [0.5, 0.6) is 0 Å². The van der Waals surface area contributed by atoms with E-state index < -0.39 is 5.97 Å². The van der Waals surface area contributed by atoms with Gasteiger partial charge in [-0.05, 0) is 12.8 Å². The first kappa shape index (κ1) is 27.1. The van der Waals surface area contributed by atoms with Crippen LogP contribution in [0.3, 0.4) is 0 Å². The maximum absolute atomic E-state index is 10.4. The van der Waals surface area contributed by atoms with E-state index in [0.717, 1.165) is 25.7 Å². The second-order valence-corrected chi connectivity index (χ2v) is 6.30. The van der Waals surface area contributed by atoms with Gasteiger partial charge in [0, 0.05) is 21.7 Å². The Bertz CT molecular complexity index is 409. The first-order chi connectivity index (χ1) is 8.75. The molecule has 1 saturated carbocycles. The van der Waals surface area contributed by atoms with Crippen LogP contribution in [0, 0.1) is 17.4 Å². The third-order valence-corrected chi connectivity index (χ3v) is 4.52. The van der Waals surface area contributed by atoms with Crippen molar-refractivity contribution in [3.05, 3.63) is 22.8 Å². The Labute approximate surface area is 162 Å². The molecular weight excluding hydrogens is 355 g/mol. The van der Waals surface area contributed by atoms with E-state index in [-0.39, 0.29) is 57.9 Å². The number of aliphatic carboxylic acids is 1. The number of halogens is 2. The number of hydrogen-bond acceptors (Lipinski definition) is 1. The zero-order valence-electron chi connectivity index (χ0n) is 14.3. The molecule has 128 valence electrons. The number of carboxylic acids is 1. The molecule has 0 unspecified atom stereocenters. The Kier molecular flexibility index (Phi) is 14.5. The van der Waals surface area contributed by atoms with Crippen LogP contribution < -0.4 is 0 Å². The van der Waals surface area contributed by atoms with Crippen LogP contribution >= 0.6 is 24.8 Å². The summed E-state index contributed by atoms with van der Waals surface area (Å²) in [4.78, 5) is 10.4. The molecule has 2 rings (SSSR count). The molecule has 0 aliphatic heterocycles. The van der Waals surface area contributed by atoms with Gasteiger partial charge in [0.25, 0.3) is 0 Å². The van der Waals surface area contributed by atoms with Crippen molar-refractivity contribution in [2.24, 2.45) is 11.3 Å². The van der Waals surface area contributed by atoms with E-state index in [4.69, 9.17) is 5.11 Å². The summed E-state index contributed by atoms with van der Waals surface area (Å²) in [6.45, 7) is 10.9. The summed E-state index contributed by atoms with van der Waals surface area (Å²) in [5.74, 6) is -0.631.